The molecule has 5 nitrogen and oxygen atoms in total. The van der Waals surface area contributed by atoms with Gasteiger partial charge in [0.05, 0.1) is 13.2 Å². The minimum atomic E-state index is -1.05. The molecule has 0 spiro atoms. The van der Waals surface area contributed by atoms with Crippen LogP contribution in [0, 0.1) is 0 Å². The van der Waals surface area contributed by atoms with Crippen LogP contribution in [0.5, 0.6) is 0 Å². The molecule has 0 aliphatic heterocycles. The summed E-state index contributed by atoms with van der Waals surface area (Å²) in [4.78, 5) is 2.10. The van der Waals surface area contributed by atoms with Crippen molar-refractivity contribution in [3.63, 3.8) is 0 Å². The van der Waals surface area contributed by atoms with Crippen LogP contribution in [0.25, 0.3) is 0 Å². The van der Waals surface area contributed by atoms with Gasteiger partial charge in [-0.25, -0.2) is 0 Å². The molecule has 5 heteroatoms. The van der Waals surface area contributed by atoms with Gasteiger partial charge in [-0.1, -0.05) is 30.3 Å². The molecule has 0 bridgehead atoms. The van der Waals surface area contributed by atoms with Crippen LogP contribution in [-0.2, 0) is 15.1 Å². The van der Waals surface area contributed by atoms with Crippen LogP contribution in [-0.4, -0.2) is 63.6 Å². The number of hydrogen-bond acceptors (Lipinski definition) is 5. The Bertz CT molecular complexity index is 353. The van der Waals surface area contributed by atoms with E-state index in [9.17, 15) is 5.11 Å². The standard InChI is InChI=1S/C15H26N2O3/c1-19-10-8-17(9-11-20-2)13-15(18,12-16)14-6-4-3-5-7-14/h3-7,18H,8-13,16H2,1-2H3. The van der Waals surface area contributed by atoms with Gasteiger partial charge in [0.2, 0.25) is 0 Å². The first-order valence-electron chi connectivity index (χ1n) is 6.84. The van der Waals surface area contributed by atoms with Gasteiger partial charge in [-0.2, -0.15) is 0 Å². The van der Waals surface area contributed by atoms with E-state index >= 15 is 0 Å². The van der Waals surface area contributed by atoms with Crippen molar-refractivity contribution in [1.82, 2.24) is 4.90 Å². The Morgan fingerprint density at radius 1 is 1.10 bits per heavy atom. The highest BCUT2D eigenvalue weighted by Gasteiger charge is 2.29. The van der Waals surface area contributed by atoms with Gasteiger partial charge in [0.1, 0.15) is 5.60 Å². The first kappa shape index (κ1) is 17.1. The van der Waals surface area contributed by atoms with Gasteiger partial charge in [0.25, 0.3) is 0 Å². The van der Waals surface area contributed by atoms with Crippen molar-refractivity contribution in [3.05, 3.63) is 35.9 Å². The molecule has 1 atom stereocenters. The highest BCUT2D eigenvalue weighted by Crippen LogP contribution is 2.21. The summed E-state index contributed by atoms with van der Waals surface area (Å²) in [5.41, 5.74) is 5.59. The number of nitrogens with zero attached hydrogens (tertiary/aromatic N) is 1. The van der Waals surface area contributed by atoms with Gasteiger partial charge in [0, 0.05) is 40.4 Å². The van der Waals surface area contributed by atoms with Crippen LogP contribution < -0.4 is 5.73 Å². The van der Waals surface area contributed by atoms with Crippen LogP contribution >= 0.6 is 0 Å². The second-order valence-corrected chi connectivity index (χ2v) is 4.86. The van der Waals surface area contributed by atoms with Crippen molar-refractivity contribution >= 4 is 0 Å². The summed E-state index contributed by atoms with van der Waals surface area (Å²) in [6.45, 7) is 3.32. The molecule has 1 rings (SSSR count). The van der Waals surface area contributed by atoms with Gasteiger partial charge < -0.3 is 20.3 Å². The Hall–Kier alpha value is -0.980. The number of methoxy groups -OCH3 is 2. The van der Waals surface area contributed by atoms with Crippen molar-refractivity contribution in [2.75, 3.05) is 53.6 Å². The third-order valence-corrected chi connectivity index (χ3v) is 3.36. The van der Waals surface area contributed by atoms with Gasteiger partial charge in [-0.05, 0) is 5.56 Å². The summed E-state index contributed by atoms with van der Waals surface area (Å²) >= 11 is 0. The quantitative estimate of drug-likeness (QED) is 0.651. The van der Waals surface area contributed by atoms with Gasteiger partial charge in [-0.3, -0.25) is 4.90 Å². The molecule has 0 amide bonds. The van der Waals surface area contributed by atoms with E-state index in [1.165, 1.54) is 0 Å². The molecule has 3 N–H and O–H groups in total. The summed E-state index contributed by atoms with van der Waals surface area (Å²) in [6.07, 6.45) is 0. The maximum Gasteiger partial charge on any atom is 0.114 e. The molecule has 20 heavy (non-hydrogen) atoms. The van der Waals surface area contributed by atoms with Crippen molar-refractivity contribution in [1.29, 1.82) is 0 Å². The SMILES string of the molecule is COCCN(CCOC)CC(O)(CN)c1ccccc1. The molecular weight excluding hydrogens is 256 g/mol. The van der Waals surface area contributed by atoms with Crippen LogP contribution in [0.15, 0.2) is 30.3 Å². The molecule has 0 heterocycles. The topological polar surface area (TPSA) is 68.0 Å². The number of hydrogen-bond donors (Lipinski definition) is 2. The molecule has 114 valence electrons. The summed E-state index contributed by atoms with van der Waals surface area (Å²) in [5, 5.41) is 10.8. The maximum atomic E-state index is 10.8. The number of ether oxygens (including phenoxy) is 2. The van der Waals surface area contributed by atoms with Crippen LogP contribution in [0.2, 0.25) is 0 Å². The molecule has 1 aromatic rings. The highest BCUT2D eigenvalue weighted by atomic mass is 16.5. The molecule has 0 saturated carbocycles. The zero-order valence-electron chi connectivity index (χ0n) is 12.4. The normalized spacial score (nSPS) is 14.4. The predicted molar refractivity (Wildman–Crippen MR) is 79.6 cm³/mol. The molecule has 0 aromatic heterocycles. The van der Waals surface area contributed by atoms with E-state index in [0.29, 0.717) is 19.8 Å². The lowest BCUT2D eigenvalue weighted by Gasteiger charge is -2.33. The second-order valence-electron chi connectivity index (χ2n) is 4.86. The van der Waals surface area contributed by atoms with Gasteiger partial charge >= 0.3 is 0 Å². The third-order valence-electron chi connectivity index (χ3n) is 3.36. The average Bonchev–Trinajstić information content (AvgIpc) is 2.50. The first-order valence-corrected chi connectivity index (χ1v) is 6.84. The Labute approximate surface area is 121 Å². The minimum Gasteiger partial charge on any atom is -0.383 e. The summed E-state index contributed by atoms with van der Waals surface area (Å²) < 4.78 is 10.2. The van der Waals surface area contributed by atoms with E-state index in [2.05, 4.69) is 4.90 Å². The molecule has 0 aliphatic carbocycles. The number of benzene rings is 1. The average molecular weight is 282 g/mol. The lowest BCUT2D eigenvalue weighted by atomic mass is 9.93. The maximum absolute atomic E-state index is 10.8. The fourth-order valence-corrected chi connectivity index (χ4v) is 2.10. The Morgan fingerprint density at radius 3 is 2.10 bits per heavy atom. The molecule has 1 unspecified atom stereocenters. The summed E-state index contributed by atoms with van der Waals surface area (Å²) in [6, 6.07) is 9.54. The second kappa shape index (κ2) is 9.05. The van der Waals surface area contributed by atoms with Crippen molar-refractivity contribution in [2.24, 2.45) is 5.73 Å². The van der Waals surface area contributed by atoms with Gasteiger partial charge in [-0.15, -0.1) is 0 Å². The van der Waals surface area contributed by atoms with Gasteiger partial charge in [0.15, 0.2) is 0 Å². The zero-order valence-corrected chi connectivity index (χ0v) is 12.4. The minimum absolute atomic E-state index is 0.174. The van der Waals surface area contributed by atoms with Crippen LogP contribution in [0.1, 0.15) is 5.56 Å². The Balaban J connectivity index is 2.75. The smallest absolute Gasteiger partial charge is 0.114 e. The number of rotatable bonds is 10. The van der Waals surface area contributed by atoms with E-state index in [1.807, 2.05) is 30.3 Å². The Morgan fingerprint density at radius 2 is 1.65 bits per heavy atom. The largest absolute Gasteiger partial charge is 0.383 e. The molecule has 0 radical (unpaired) electrons. The van der Waals surface area contributed by atoms with Crippen LogP contribution in [0.4, 0.5) is 0 Å². The molecule has 1 aromatic carbocycles. The molecular formula is C15H26N2O3. The summed E-state index contributed by atoms with van der Waals surface area (Å²) in [7, 11) is 3.33. The van der Waals surface area contributed by atoms with E-state index in [-0.39, 0.29) is 6.54 Å². The number of aliphatic hydroxyl groups is 1. The zero-order chi connectivity index (χ0) is 14.8. The van der Waals surface area contributed by atoms with E-state index in [0.717, 1.165) is 18.7 Å². The monoisotopic (exact) mass is 282 g/mol. The molecule has 0 fully saturated rings. The highest BCUT2D eigenvalue weighted by molar-refractivity contribution is 5.23. The van der Waals surface area contributed by atoms with Crippen molar-refractivity contribution in [3.8, 4) is 0 Å². The summed E-state index contributed by atoms with van der Waals surface area (Å²) in [5.74, 6) is 0. The fourth-order valence-electron chi connectivity index (χ4n) is 2.10. The fraction of sp³-hybridized carbons (Fsp3) is 0.600. The van der Waals surface area contributed by atoms with E-state index < -0.39 is 5.60 Å². The lowest BCUT2D eigenvalue weighted by Crippen LogP contribution is -2.47. The number of nitrogens with two attached hydrogens (primary N) is 1. The first-order chi connectivity index (χ1) is 9.66. The molecule has 0 saturated heterocycles. The Kier molecular flexibility index (Phi) is 7.72. The molecule has 0 aliphatic rings. The van der Waals surface area contributed by atoms with E-state index in [1.54, 1.807) is 14.2 Å². The third kappa shape index (κ3) is 5.19. The van der Waals surface area contributed by atoms with Crippen LogP contribution in [0.3, 0.4) is 0 Å². The van der Waals surface area contributed by atoms with Crippen molar-refractivity contribution in [2.45, 2.75) is 5.60 Å². The predicted octanol–water partition coefficient (Wildman–Crippen LogP) is 0.428. The van der Waals surface area contributed by atoms with E-state index in [4.69, 9.17) is 15.2 Å². The lowest BCUT2D eigenvalue weighted by molar-refractivity contribution is -0.00544. The van der Waals surface area contributed by atoms with Crippen molar-refractivity contribution < 1.29 is 14.6 Å².